The zero-order chi connectivity index (χ0) is 16.6. The van der Waals surface area contributed by atoms with E-state index in [-0.39, 0.29) is 5.91 Å². The van der Waals surface area contributed by atoms with E-state index in [1.807, 2.05) is 12.1 Å². The molecule has 2 saturated heterocycles. The number of amides is 1. The van der Waals surface area contributed by atoms with Crippen LogP contribution in [0.4, 0.5) is 5.69 Å². The van der Waals surface area contributed by atoms with Crippen LogP contribution in [0.3, 0.4) is 0 Å². The third kappa shape index (κ3) is 4.94. The van der Waals surface area contributed by atoms with Crippen LogP contribution in [0.25, 0.3) is 0 Å². The summed E-state index contributed by atoms with van der Waals surface area (Å²) in [6.07, 6.45) is 11.9. The van der Waals surface area contributed by atoms with Crippen LogP contribution >= 0.6 is 0 Å². The van der Waals surface area contributed by atoms with Crippen molar-refractivity contribution in [3.05, 3.63) is 24.5 Å². The molecule has 1 amide bonds. The first-order valence-corrected chi connectivity index (χ1v) is 9.47. The lowest BCUT2D eigenvalue weighted by atomic mass is 9.81. The maximum atomic E-state index is 12.1. The van der Waals surface area contributed by atoms with E-state index >= 15 is 0 Å². The Kier molecular flexibility index (Phi) is 6.47. The standard InChI is InChI=1S/C19H30N4O/c24-19(22-12-11-21-17-6-3-10-20-15-17)9-8-16-5-4-14-23-13-2-1-7-18(16)23/h3,6,10,15-16,18,21H,1-2,4-5,7-9,11-14H2,(H,22,24)/t16-,18+/m0/s1. The Bertz CT molecular complexity index is 505. The lowest BCUT2D eigenvalue weighted by Crippen LogP contribution is -2.48. The Morgan fingerprint density at radius 1 is 1.21 bits per heavy atom. The predicted octanol–water partition coefficient (Wildman–Crippen LogP) is 2.65. The SMILES string of the molecule is O=C(CC[C@@H]1CCCN2CCCC[C@H]12)NCCNc1cccnc1. The molecule has 5 heteroatoms. The minimum absolute atomic E-state index is 0.191. The highest BCUT2D eigenvalue weighted by molar-refractivity contribution is 5.75. The summed E-state index contributed by atoms with van der Waals surface area (Å²) in [5, 5.41) is 6.29. The summed E-state index contributed by atoms with van der Waals surface area (Å²) in [4.78, 5) is 18.8. The van der Waals surface area contributed by atoms with Gasteiger partial charge in [-0.3, -0.25) is 9.78 Å². The maximum Gasteiger partial charge on any atom is 0.220 e. The Labute approximate surface area is 145 Å². The van der Waals surface area contributed by atoms with Crippen LogP contribution in [0.5, 0.6) is 0 Å². The minimum Gasteiger partial charge on any atom is -0.382 e. The van der Waals surface area contributed by atoms with Crippen molar-refractivity contribution >= 4 is 11.6 Å². The normalized spacial score (nSPS) is 24.2. The van der Waals surface area contributed by atoms with Gasteiger partial charge in [0.05, 0.1) is 5.69 Å². The number of rotatable bonds is 7. The number of nitrogens with zero attached hydrogens (tertiary/aromatic N) is 2. The van der Waals surface area contributed by atoms with Gasteiger partial charge in [-0.1, -0.05) is 6.42 Å². The molecular weight excluding hydrogens is 300 g/mol. The summed E-state index contributed by atoms with van der Waals surface area (Å²) >= 11 is 0. The van der Waals surface area contributed by atoms with E-state index in [1.165, 1.54) is 45.2 Å². The van der Waals surface area contributed by atoms with Crippen LogP contribution in [0.2, 0.25) is 0 Å². The molecule has 0 bridgehead atoms. The third-order valence-corrected chi connectivity index (χ3v) is 5.41. The molecule has 2 aliphatic rings. The van der Waals surface area contributed by atoms with E-state index in [4.69, 9.17) is 0 Å². The third-order valence-electron chi connectivity index (χ3n) is 5.41. The second-order valence-corrected chi connectivity index (χ2v) is 7.06. The summed E-state index contributed by atoms with van der Waals surface area (Å²) in [5.41, 5.74) is 0.992. The highest BCUT2D eigenvalue weighted by Gasteiger charge is 2.32. The van der Waals surface area contributed by atoms with Gasteiger partial charge in [0.25, 0.3) is 0 Å². The maximum absolute atomic E-state index is 12.1. The molecule has 0 unspecified atom stereocenters. The summed E-state index contributed by atoms with van der Waals surface area (Å²) in [6.45, 7) is 3.94. The first-order chi connectivity index (χ1) is 11.8. The molecule has 3 rings (SSSR count). The molecule has 0 aliphatic carbocycles. The molecule has 1 aromatic heterocycles. The number of fused-ring (bicyclic) bond motifs is 1. The smallest absolute Gasteiger partial charge is 0.220 e. The summed E-state index contributed by atoms with van der Waals surface area (Å²) in [6, 6.07) is 4.63. The number of carbonyl (C=O) groups is 1. The number of carbonyl (C=O) groups excluding carboxylic acids is 1. The molecule has 0 aromatic carbocycles. The van der Waals surface area contributed by atoms with Gasteiger partial charge in [-0.15, -0.1) is 0 Å². The number of nitrogens with one attached hydrogen (secondary N) is 2. The van der Waals surface area contributed by atoms with Gasteiger partial charge in [0.1, 0.15) is 0 Å². The lowest BCUT2D eigenvalue weighted by molar-refractivity contribution is -0.121. The van der Waals surface area contributed by atoms with Crippen LogP contribution in [-0.2, 0) is 4.79 Å². The van der Waals surface area contributed by atoms with Crippen LogP contribution in [0, 0.1) is 5.92 Å². The van der Waals surface area contributed by atoms with Gasteiger partial charge in [-0.25, -0.2) is 0 Å². The van der Waals surface area contributed by atoms with Gasteiger partial charge in [-0.2, -0.15) is 0 Å². The average molecular weight is 330 g/mol. The summed E-state index contributed by atoms with van der Waals surface area (Å²) in [7, 11) is 0. The number of piperidine rings is 2. The number of aromatic nitrogens is 1. The number of hydrogen-bond donors (Lipinski definition) is 2. The Morgan fingerprint density at radius 2 is 2.12 bits per heavy atom. The van der Waals surface area contributed by atoms with Crippen molar-refractivity contribution in [2.75, 3.05) is 31.5 Å². The molecule has 5 nitrogen and oxygen atoms in total. The average Bonchev–Trinajstić information content (AvgIpc) is 2.64. The van der Waals surface area contributed by atoms with E-state index in [1.54, 1.807) is 12.4 Å². The van der Waals surface area contributed by atoms with Crippen LogP contribution < -0.4 is 10.6 Å². The van der Waals surface area contributed by atoms with Crippen LogP contribution in [0.1, 0.15) is 44.9 Å². The number of hydrogen-bond acceptors (Lipinski definition) is 4. The van der Waals surface area contributed by atoms with Gasteiger partial charge in [-0.05, 0) is 63.2 Å². The molecule has 2 aliphatic heterocycles. The Hall–Kier alpha value is -1.62. The van der Waals surface area contributed by atoms with E-state index in [0.717, 1.165) is 30.6 Å². The van der Waals surface area contributed by atoms with Crippen molar-refractivity contribution < 1.29 is 4.79 Å². The number of pyridine rings is 1. The molecule has 0 saturated carbocycles. The first kappa shape index (κ1) is 17.2. The molecule has 2 fully saturated rings. The predicted molar refractivity (Wildman–Crippen MR) is 96.9 cm³/mol. The molecule has 132 valence electrons. The highest BCUT2D eigenvalue weighted by atomic mass is 16.1. The molecule has 0 spiro atoms. The molecule has 2 N–H and O–H groups in total. The van der Waals surface area contributed by atoms with Gasteiger partial charge >= 0.3 is 0 Å². The lowest BCUT2D eigenvalue weighted by Gasteiger charge is -2.44. The van der Waals surface area contributed by atoms with E-state index in [0.29, 0.717) is 13.0 Å². The molecular formula is C19H30N4O. The Balaban J connectivity index is 1.32. The largest absolute Gasteiger partial charge is 0.382 e. The molecule has 24 heavy (non-hydrogen) atoms. The topological polar surface area (TPSA) is 57.3 Å². The monoisotopic (exact) mass is 330 g/mol. The van der Waals surface area contributed by atoms with Gasteiger partial charge in [0, 0.05) is 37.9 Å². The van der Waals surface area contributed by atoms with E-state index in [9.17, 15) is 4.79 Å². The summed E-state index contributed by atoms with van der Waals surface area (Å²) in [5.74, 6) is 0.911. The fourth-order valence-electron chi connectivity index (χ4n) is 4.19. The van der Waals surface area contributed by atoms with Crippen molar-refractivity contribution in [2.24, 2.45) is 5.92 Å². The van der Waals surface area contributed by atoms with Gasteiger partial charge in [0.15, 0.2) is 0 Å². The van der Waals surface area contributed by atoms with E-state index in [2.05, 4.69) is 20.5 Å². The molecule has 3 heterocycles. The highest BCUT2D eigenvalue weighted by Crippen LogP contribution is 2.33. The fraction of sp³-hybridized carbons (Fsp3) is 0.684. The zero-order valence-electron chi connectivity index (χ0n) is 14.5. The Morgan fingerprint density at radius 3 is 3.00 bits per heavy atom. The second kappa shape index (κ2) is 9.02. The van der Waals surface area contributed by atoms with E-state index < -0.39 is 0 Å². The molecule has 1 aromatic rings. The number of anilines is 1. The van der Waals surface area contributed by atoms with Crippen LogP contribution in [-0.4, -0.2) is 48.0 Å². The van der Waals surface area contributed by atoms with Gasteiger partial charge < -0.3 is 15.5 Å². The first-order valence-electron chi connectivity index (χ1n) is 9.47. The van der Waals surface area contributed by atoms with Crippen LogP contribution in [0.15, 0.2) is 24.5 Å². The minimum atomic E-state index is 0.191. The quantitative estimate of drug-likeness (QED) is 0.755. The van der Waals surface area contributed by atoms with Crippen molar-refractivity contribution in [3.8, 4) is 0 Å². The molecule has 0 radical (unpaired) electrons. The molecule has 2 atom stereocenters. The zero-order valence-corrected chi connectivity index (χ0v) is 14.5. The van der Waals surface area contributed by atoms with Gasteiger partial charge in [0.2, 0.25) is 5.91 Å². The summed E-state index contributed by atoms with van der Waals surface area (Å²) < 4.78 is 0. The second-order valence-electron chi connectivity index (χ2n) is 7.06. The van der Waals surface area contributed by atoms with Crippen molar-refractivity contribution in [1.82, 2.24) is 15.2 Å². The van der Waals surface area contributed by atoms with Crippen molar-refractivity contribution in [3.63, 3.8) is 0 Å². The fourth-order valence-corrected chi connectivity index (χ4v) is 4.19. The van der Waals surface area contributed by atoms with Crippen molar-refractivity contribution in [1.29, 1.82) is 0 Å². The van der Waals surface area contributed by atoms with Crippen molar-refractivity contribution in [2.45, 2.75) is 51.0 Å².